The van der Waals surface area contributed by atoms with Crippen molar-refractivity contribution in [3.63, 3.8) is 0 Å². The summed E-state index contributed by atoms with van der Waals surface area (Å²) < 4.78 is 0. The van der Waals surface area contributed by atoms with Crippen LogP contribution in [0.5, 0.6) is 5.75 Å². The van der Waals surface area contributed by atoms with Gasteiger partial charge in [0.1, 0.15) is 5.75 Å². The van der Waals surface area contributed by atoms with Gasteiger partial charge in [0.2, 0.25) is 0 Å². The van der Waals surface area contributed by atoms with Gasteiger partial charge in [-0.25, -0.2) is 0 Å². The van der Waals surface area contributed by atoms with E-state index in [2.05, 4.69) is 45.0 Å². The van der Waals surface area contributed by atoms with E-state index in [1.165, 1.54) is 23.1 Å². The van der Waals surface area contributed by atoms with Crippen LogP contribution in [0.1, 0.15) is 92.3 Å². The topological polar surface area (TPSA) is 20.2 Å². The molecular formula is C25H46O. The van der Waals surface area contributed by atoms with E-state index in [1.807, 2.05) is 67.5 Å². The number of benzene rings is 2. The average molecular weight is 363 g/mol. The molecule has 0 atom stereocenters. The average Bonchev–Trinajstić information content (AvgIpc) is 2.72. The summed E-state index contributed by atoms with van der Waals surface area (Å²) in [6.07, 6.45) is 2.17. The molecule has 0 aliphatic carbocycles. The van der Waals surface area contributed by atoms with Crippen molar-refractivity contribution in [1.82, 2.24) is 0 Å². The smallest absolute Gasteiger partial charge is 0.115 e. The Balaban J connectivity index is -0.000000188. The monoisotopic (exact) mass is 362 g/mol. The number of hydrogen-bond donors (Lipinski definition) is 1. The van der Waals surface area contributed by atoms with Crippen molar-refractivity contribution >= 4 is 0 Å². The number of aryl methyl sites for hydroxylation is 1. The Morgan fingerprint density at radius 2 is 0.846 bits per heavy atom. The van der Waals surface area contributed by atoms with Gasteiger partial charge in [0, 0.05) is 0 Å². The Hall–Kier alpha value is -1.76. The van der Waals surface area contributed by atoms with Gasteiger partial charge < -0.3 is 5.11 Å². The first-order valence-corrected chi connectivity index (χ1v) is 10.5. The first-order chi connectivity index (χ1) is 12.7. The zero-order valence-corrected chi connectivity index (χ0v) is 19.5. The zero-order valence-electron chi connectivity index (χ0n) is 19.5. The van der Waals surface area contributed by atoms with E-state index in [9.17, 15) is 0 Å². The van der Waals surface area contributed by atoms with Gasteiger partial charge in [-0.15, -0.1) is 0 Å². The third-order valence-corrected chi connectivity index (χ3v) is 2.47. The molecule has 0 heterocycles. The molecule has 0 saturated carbocycles. The number of hydrogen-bond acceptors (Lipinski definition) is 1. The normalized spacial score (nSPS) is 7.50. The molecule has 2 aromatic carbocycles. The van der Waals surface area contributed by atoms with Gasteiger partial charge >= 0.3 is 0 Å². The van der Waals surface area contributed by atoms with E-state index in [0.717, 1.165) is 6.42 Å². The standard InChI is InChI=1S/C14H14O.C3H8.4C2H6/c1-11-2-4-12(5-3-11)10-13-6-8-14(15)9-7-13;1-3-2;4*1-2/h2-9,15H,10H2,1H3;3H2,1-2H3;4*1-2H3. The molecular weight excluding hydrogens is 316 g/mol. The Morgan fingerprint density at radius 1 is 0.577 bits per heavy atom. The van der Waals surface area contributed by atoms with Gasteiger partial charge in [-0.05, 0) is 36.6 Å². The maximum absolute atomic E-state index is 9.16. The number of aromatic hydroxyl groups is 1. The lowest BCUT2D eigenvalue weighted by molar-refractivity contribution is 0.475. The highest BCUT2D eigenvalue weighted by Gasteiger charge is 1.96. The molecule has 2 rings (SSSR count). The summed E-state index contributed by atoms with van der Waals surface area (Å²) >= 11 is 0. The molecule has 0 fully saturated rings. The minimum atomic E-state index is 0.322. The summed E-state index contributed by atoms with van der Waals surface area (Å²) in [5.41, 5.74) is 3.80. The Morgan fingerprint density at radius 3 is 1.15 bits per heavy atom. The third kappa shape index (κ3) is 20.3. The van der Waals surface area contributed by atoms with Crippen molar-refractivity contribution in [2.45, 2.75) is 89.0 Å². The van der Waals surface area contributed by atoms with Crippen molar-refractivity contribution in [1.29, 1.82) is 0 Å². The van der Waals surface area contributed by atoms with Crippen LogP contribution in [0.25, 0.3) is 0 Å². The van der Waals surface area contributed by atoms with Crippen LogP contribution in [0.4, 0.5) is 0 Å². The summed E-state index contributed by atoms with van der Waals surface area (Å²) in [4.78, 5) is 0. The van der Waals surface area contributed by atoms with Crippen LogP contribution in [-0.2, 0) is 6.42 Å². The van der Waals surface area contributed by atoms with Crippen molar-refractivity contribution in [2.75, 3.05) is 0 Å². The van der Waals surface area contributed by atoms with Gasteiger partial charge in [0.05, 0.1) is 0 Å². The first-order valence-electron chi connectivity index (χ1n) is 10.5. The van der Waals surface area contributed by atoms with E-state index < -0.39 is 0 Å². The highest BCUT2D eigenvalue weighted by atomic mass is 16.3. The molecule has 152 valence electrons. The second kappa shape index (κ2) is 28.1. The van der Waals surface area contributed by atoms with E-state index in [4.69, 9.17) is 5.11 Å². The maximum Gasteiger partial charge on any atom is 0.115 e. The Kier molecular flexibility index (Phi) is 34.5. The van der Waals surface area contributed by atoms with E-state index in [1.54, 1.807) is 12.1 Å². The largest absolute Gasteiger partial charge is 0.508 e. The van der Waals surface area contributed by atoms with Crippen molar-refractivity contribution in [3.8, 4) is 5.75 Å². The summed E-state index contributed by atoms with van der Waals surface area (Å²) in [6, 6.07) is 15.9. The second-order valence-electron chi connectivity index (χ2n) is 4.54. The molecule has 0 unspecified atom stereocenters. The highest BCUT2D eigenvalue weighted by Crippen LogP contribution is 2.14. The van der Waals surface area contributed by atoms with Crippen molar-refractivity contribution < 1.29 is 5.11 Å². The molecule has 2 aromatic rings. The summed E-state index contributed by atoms with van der Waals surface area (Å²) in [7, 11) is 0. The summed E-state index contributed by atoms with van der Waals surface area (Å²) in [6.45, 7) is 22.3. The molecule has 0 radical (unpaired) electrons. The van der Waals surface area contributed by atoms with E-state index in [0.29, 0.717) is 5.75 Å². The minimum absolute atomic E-state index is 0.322. The lowest BCUT2D eigenvalue weighted by Gasteiger charge is -2.02. The second-order valence-corrected chi connectivity index (χ2v) is 4.54. The lowest BCUT2D eigenvalue weighted by atomic mass is 10.0. The van der Waals surface area contributed by atoms with Gasteiger partial charge in [-0.1, -0.05) is 118 Å². The van der Waals surface area contributed by atoms with E-state index in [-0.39, 0.29) is 0 Å². The zero-order chi connectivity index (χ0) is 21.4. The van der Waals surface area contributed by atoms with E-state index >= 15 is 0 Å². The molecule has 1 N–H and O–H groups in total. The molecule has 0 spiro atoms. The van der Waals surface area contributed by atoms with Crippen LogP contribution in [0.15, 0.2) is 48.5 Å². The van der Waals surface area contributed by atoms with Crippen LogP contribution in [0, 0.1) is 6.92 Å². The fraction of sp³-hybridized carbons (Fsp3) is 0.520. The van der Waals surface area contributed by atoms with Crippen LogP contribution in [0.3, 0.4) is 0 Å². The fourth-order valence-electron chi connectivity index (χ4n) is 1.56. The SMILES string of the molecule is CC.CC.CC.CC.CCC.Cc1ccc(Cc2ccc(O)cc2)cc1. The van der Waals surface area contributed by atoms with Gasteiger partial charge in [0.15, 0.2) is 0 Å². The molecule has 0 aromatic heterocycles. The van der Waals surface area contributed by atoms with Gasteiger partial charge in [-0.2, -0.15) is 0 Å². The molecule has 0 aliphatic heterocycles. The van der Waals surface area contributed by atoms with Gasteiger partial charge in [0.25, 0.3) is 0 Å². The molecule has 26 heavy (non-hydrogen) atoms. The van der Waals surface area contributed by atoms with Crippen molar-refractivity contribution in [2.24, 2.45) is 0 Å². The quantitative estimate of drug-likeness (QED) is 0.565. The summed E-state index contributed by atoms with van der Waals surface area (Å²) in [5.74, 6) is 0.322. The summed E-state index contributed by atoms with van der Waals surface area (Å²) in [5, 5.41) is 9.16. The van der Waals surface area contributed by atoms with Crippen LogP contribution in [0.2, 0.25) is 0 Å². The number of rotatable bonds is 2. The molecule has 0 saturated heterocycles. The van der Waals surface area contributed by atoms with Crippen LogP contribution in [-0.4, -0.2) is 5.11 Å². The predicted octanol–water partition coefficient (Wildman–Crippen LogP) is 8.81. The minimum Gasteiger partial charge on any atom is -0.508 e. The van der Waals surface area contributed by atoms with Crippen molar-refractivity contribution in [3.05, 3.63) is 65.2 Å². The molecule has 1 nitrogen and oxygen atoms in total. The van der Waals surface area contributed by atoms with Crippen LogP contribution >= 0.6 is 0 Å². The molecule has 0 bridgehead atoms. The molecule has 0 amide bonds. The molecule has 1 heteroatoms. The fourth-order valence-corrected chi connectivity index (χ4v) is 1.56. The first kappa shape index (κ1) is 32.0. The predicted molar refractivity (Wildman–Crippen MR) is 123 cm³/mol. The Bertz CT molecular complexity index is 397. The van der Waals surface area contributed by atoms with Crippen LogP contribution < -0.4 is 0 Å². The van der Waals surface area contributed by atoms with Gasteiger partial charge in [-0.3, -0.25) is 0 Å². The Labute approximate surface area is 165 Å². The third-order valence-electron chi connectivity index (χ3n) is 2.47. The lowest BCUT2D eigenvalue weighted by Crippen LogP contribution is -1.87. The maximum atomic E-state index is 9.16. The highest BCUT2D eigenvalue weighted by molar-refractivity contribution is 5.31. The number of phenolic OH excluding ortho intramolecular Hbond substituents is 1. The number of phenols is 1. The molecule has 0 aliphatic rings.